The lowest BCUT2D eigenvalue weighted by Gasteiger charge is -2.29. The van der Waals surface area contributed by atoms with Crippen molar-refractivity contribution in [3.8, 4) is 5.75 Å². The number of halogens is 1. The molecule has 2 aromatic rings. The van der Waals surface area contributed by atoms with Crippen LogP contribution >= 0.6 is 0 Å². The van der Waals surface area contributed by atoms with Crippen molar-refractivity contribution in [2.45, 2.75) is 57.6 Å². The third-order valence-electron chi connectivity index (χ3n) is 7.06. The van der Waals surface area contributed by atoms with E-state index in [2.05, 4.69) is 15.6 Å². The highest BCUT2D eigenvalue weighted by molar-refractivity contribution is 5.98. The van der Waals surface area contributed by atoms with Gasteiger partial charge in [-0.05, 0) is 30.7 Å². The Hall–Kier alpha value is -3.69. The van der Waals surface area contributed by atoms with Gasteiger partial charge in [0.15, 0.2) is 11.6 Å². The number of likely N-dealkylation sites (tertiary alicyclic amines) is 1. The SMILES string of the molecule is O=C(NCC(CC1CCCC1)C(=O)N1CCCC1C(=O)Nc1ncc(F)cc1O)OCc1ccccc1. The van der Waals surface area contributed by atoms with E-state index in [0.29, 0.717) is 31.7 Å². The van der Waals surface area contributed by atoms with Crippen molar-refractivity contribution in [2.75, 3.05) is 18.4 Å². The number of anilines is 1. The van der Waals surface area contributed by atoms with Gasteiger partial charge in [0.2, 0.25) is 11.8 Å². The average Bonchev–Trinajstić information content (AvgIpc) is 3.59. The van der Waals surface area contributed by atoms with Crippen LogP contribution in [-0.2, 0) is 20.9 Å². The van der Waals surface area contributed by atoms with Crippen LogP contribution in [-0.4, -0.2) is 52.0 Å². The monoisotopic (exact) mass is 512 g/mol. The Balaban J connectivity index is 1.38. The number of amides is 3. The molecule has 0 bridgehead atoms. The first-order valence-corrected chi connectivity index (χ1v) is 12.8. The molecule has 0 radical (unpaired) electrons. The second-order valence-corrected chi connectivity index (χ2v) is 9.73. The van der Waals surface area contributed by atoms with Gasteiger partial charge in [-0.2, -0.15) is 0 Å². The number of pyridine rings is 1. The maximum absolute atomic E-state index is 13.6. The molecule has 9 nitrogen and oxygen atoms in total. The molecular formula is C27H33FN4O5. The van der Waals surface area contributed by atoms with E-state index in [4.69, 9.17) is 4.74 Å². The number of aromatic nitrogens is 1. The number of hydrogen-bond acceptors (Lipinski definition) is 6. The van der Waals surface area contributed by atoms with Gasteiger partial charge in [0, 0.05) is 19.2 Å². The largest absolute Gasteiger partial charge is 0.504 e. The minimum Gasteiger partial charge on any atom is -0.504 e. The van der Waals surface area contributed by atoms with Crippen LogP contribution in [0.2, 0.25) is 0 Å². The first kappa shape index (κ1) is 26.4. The van der Waals surface area contributed by atoms with E-state index in [1.807, 2.05) is 30.3 Å². The summed E-state index contributed by atoms with van der Waals surface area (Å²) in [5.41, 5.74) is 0.865. The highest BCUT2D eigenvalue weighted by atomic mass is 19.1. The molecule has 198 valence electrons. The number of aromatic hydroxyl groups is 1. The summed E-state index contributed by atoms with van der Waals surface area (Å²) in [5, 5.41) is 15.1. The van der Waals surface area contributed by atoms with Gasteiger partial charge in [0.1, 0.15) is 18.5 Å². The van der Waals surface area contributed by atoms with Crippen LogP contribution in [0.25, 0.3) is 0 Å². The Labute approximate surface area is 215 Å². The van der Waals surface area contributed by atoms with Gasteiger partial charge in [-0.15, -0.1) is 0 Å². The molecule has 1 saturated carbocycles. The van der Waals surface area contributed by atoms with Gasteiger partial charge in [-0.1, -0.05) is 56.0 Å². The molecule has 1 saturated heterocycles. The number of hydrogen-bond donors (Lipinski definition) is 3. The average molecular weight is 513 g/mol. The summed E-state index contributed by atoms with van der Waals surface area (Å²) in [7, 11) is 0. The Morgan fingerprint density at radius 1 is 1.14 bits per heavy atom. The molecule has 1 aromatic carbocycles. The molecule has 0 spiro atoms. The van der Waals surface area contributed by atoms with Crippen molar-refractivity contribution in [1.82, 2.24) is 15.2 Å². The lowest BCUT2D eigenvalue weighted by molar-refractivity contribution is -0.140. The fourth-order valence-electron chi connectivity index (χ4n) is 5.16. The smallest absolute Gasteiger partial charge is 0.407 e. The van der Waals surface area contributed by atoms with Crippen molar-refractivity contribution in [1.29, 1.82) is 0 Å². The van der Waals surface area contributed by atoms with E-state index < -0.39 is 35.5 Å². The zero-order chi connectivity index (χ0) is 26.2. The second kappa shape index (κ2) is 12.5. The van der Waals surface area contributed by atoms with Crippen LogP contribution in [0.4, 0.5) is 15.0 Å². The van der Waals surface area contributed by atoms with Crippen molar-refractivity contribution in [3.63, 3.8) is 0 Å². The standard InChI is InChI=1S/C27H33FN4O5/c28-21-14-23(33)24(29-16-21)31-25(34)22-11-6-12-32(22)26(35)20(13-18-7-4-5-8-18)15-30-27(36)37-17-19-9-2-1-3-10-19/h1-3,9-10,14,16,18,20,22,33H,4-8,11-13,15,17H2,(H,30,36)(H,29,31,34). The molecule has 2 unspecified atom stereocenters. The van der Waals surface area contributed by atoms with Crippen LogP contribution < -0.4 is 10.6 Å². The van der Waals surface area contributed by atoms with Gasteiger partial charge in [0.25, 0.3) is 0 Å². The van der Waals surface area contributed by atoms with Crippen LogP contribution in [0.1, 0.15) is 50.5 Å². The number of carbonyl (C=O) groups excluding carboxylic acids is 3. The number of nitrogens with one attached hydrogen (secondary N) is 2. The van der Waals surface area contributed by atoms with Crippen LogP contribution in [0, 0.1) is 17.7 Å². The number of nitrogens with zero attached hydrogens (tertiary/aromatic N) is 2. The van der Waals surface area contributed by atoms with Gasteiger partial charge < -0.3 is 25.4 Å². The summed E-state index contributed by atoms with van der Waals surface area (Å²) in [6.45, 7) is 0.667. The van der Waals surface area contributed by atoms with Gasteiger partial charge in [-0.3, -0.25) is 9.59 Å². The Bertz CT molecular complexity index is 1090. The van der Waals surface area contributed by atoms with Gasteiger partial charge >= 0.3 is 6.09 Å². The maximum Gasteiger partial charge on any atom is 0.407 e. The number of alkyl carbamates (subject to hydrolysis) is 1. The second-order valence-electron chi connectivity index (χ2n) is 9.73. The zero-order valence-electron chi connectivity index (χ0n) is 20.7. The molecule has 1 aromatic heterocycles. The molecule has 37 heavy (non-hydrogen) atoms. The van der Waals surface area contributed by atoms with Crippen LogP contribution in [0.3, 0.4) is 0 Å². The van der Waals surface area contributed by atoms with E-state index in [1.54, 1.807) is 4.90 Å². The normalized spacial score (nSPS) is 18.4. The molecule has 2 fully saturated rings. The summed E-state index contributed by atoms with van der Waals surface area (Å²) >= 11 is 0. The molecule has 3 amide bonds. The lowest BCUT2D eigenvalue weighted by Crippen LogP contribution is -2.48. The van der Waals surface area contributed by atoms with Crippen molar-refractivity contribution in [3.05, 3.63) is 54.0 Å². The third kappa shape index (κ3) is 7.18. The Morgan fingerprint density at radius 3 is 2.62 bits per heavy atom. The third-order valence-corrected chi connectivity index (χ3v) is 7.06. The fraction of sp³-hybridized carbons (Fsp3) is 0.481. The zero-order valence-corrected chi connectivity index (χ0v) is 20.7. The first-order chi connectivity index (χ1) is 17.9. The lowest BCUT2D eigenvalue weighted by atomic mass is 9.91. The number of rotatable bonds is 9. The molecule has 1 aliphatic heterocycles. The topological polar surface area (TPSA) is 121 Å². The highest BCUT2D eigenvalue weighted by Gasteiger charge is 2.38. The summed E-state index contributed by atoms with van der Waals surface area (Å²) in [4.78, 5) is 44.3. The molecule has 4 rings (SSSR count). The van der Waals surface area contributed by atoms with Crippen LogP contribution in [0.5, 0.6) is 5.75 Å². The summed E-state index contributed by atoms with van der Waals surface area (Å²) in [6, 6.07) is 9.45. The molecule has 2 aliphatic rings. The Kier molecular flexibility index (Phi) is 8.92. The molecule has 3 N–H and O–H groups in total. The predicted molar refractivity (Wildman–Crippen MR) is 134 cm³/mol. The summed E-state index contributed by atoms with van der Waals surface area (Å²) < 4.78 is 18.5. The Morgan fingerprint density at radius 2 is 1.89 bits per heavy atom. The van der Waals surface area contributed by atoms with E-state index in [0.717, 1.165) is 43.5 Å². The van der Waals surface area contributed by atoms with Crippen LogP contribution in [0.15, 0.2) is 42.6 Å². The molecule has 1 aliphatic carbocycles. The van der Waals surface area contributed by atoms with Crippen molar-refractivity contribution in [2.24, 2.45) is 11.8 Å². The molecule has 10 heteroatoms. The number of benzene rings is 1. The molecule has 2 atom stereocenters. The minimum atomic E-state index is -0.741. The van der Waals surface area contributed by atoms with E-state index >= 15 is 0 Å². The quantitative estimate of drug-likeness (QED) is 0.467. The van der Waals surface area contributed by atoms with Crippen molar-refractivity contribution >= 4 is 23.7 Å². The predicted octanol–water partition coefficient (Wildman–Crippen LogP) is 3.98. The molecular weight excluding hydrogens is 479 g/mol. The minimum absolute atomic E-state index is 0.119. The van der Waals surface area contributed by atoms with E-state index in [-0.39, 0.29) is 24.9 Å². The summed E-state index contributed by atoms with van der Waals surface area (Å²) in [6.07, 6.45) is 6.38. The summed E-state index contributed by atoms with van der Waals surface area (Å²) in [5.74, 6) is -2.14. The van der Waals surface area contributed by atoms with E-state index in [1.165, 1.54) is 0 Å². The number of carbonyl (C=O) groups is 3. The number of ether oxygens (including phenoxy) is 1. The highest BCUT2D eigenvalue weighted by Crippen LogP contribution is 2.32. The van der Waals surface area contributed by atoms with Gasteiger partial charge in [-0.25, -0.2) is 14.2 Å². The van der Waals surface area contributed by atoms with E-state index in [9.17, 15) is 23.9 Å². The fourth-order valence-corrected chi connectivity index (χ4v) is 5.16. The van der Waals surface area contributed by atoms with Gasteiger partial charge in [0.05, 0.1) is 12.1 Å². The maximum atomic E-state index is 13.6. The first-order valence-electron chi connectivity index (χ1n) is 12.8. The molecule has 2 heterocycles. The van der Waals surface area contributed by atoms with Crippen molar-refractivity contribution < 1.29 is 28.6 Å².